The van der Waals surface area contributed by atoms with Crippen LogP contribution < -0.4 is 5.73 Å². The number of hydrogen-bond acceptors (Lipinski definition) is 3. The minimum atomic E-state index is -0.941. The summed E-state index contributed by atoms with van der Waals surface area (Å²) in [4.78, 5) is 11.5. The maximum absolute atomic E-state index is 11.5. The minimum absolute atomic E-state index is 0.105. The van der Waals surface area contributed by atoms with E-state index in [1.54, 1.807) is 12.1 Å². The van der Waals surface area contributed by atoms with Gasteiger partial charge in [0, 0.05) is 5.92 Å². The molecule has 0 spiro atoms. The fourth-order valence-electron chi connectivity index (χ4n) is 1.87. The van der Waals surface area contributed by atoms with E-state index in [-0.39, 0.29) is 5.92 Å². The first-order chi connectivity index (χ1) is 7.50. The molecule has 0 radical (unpaired) electrons. The molecule has 5 heteroatoms. The molecule has 1 aromatic rings. The van der Waals surface area contributed by atoms with Gasteiger partial charge in [0.25, 0.3) is 0 Å². The van der Waals surface area contributed by atoms with Gasteiger partial charge in [-0.1, -0.05) is 35.3 Å². The zero-order chi connectivity index (χ0) is 11.9. The average molecular weight is 260 g/mol. The van der Waals surface area contributed by atoms with Crippen molar-refractivity contribution in [3.8, 4) is 0 Å². The Balaban J connectivity index is 2.30. The molecule has 3 nitrogen and oxygen atoms in total. The van der Waals surface area contributed by atoms with Crippen LogP contribution in [0.5, 0.6) is 0 Å². The summed E-state index contributed by atoms with van der Waals surface area (Å²) in [7, 11) is 1.33. The molecule has 1 fully saturated rings. The third kappa shape index (κ3) is 1.69. The van der Waals surface area contributed by atoms with Crippen molar-refractivity contribution in [2.75, 3.05) is 7.11 Å². The molecule has 1 saturated carbocycles. The maximum atomic E-state index is 11.5. The van der Waals surface area contributed by atoms with Crippen molar-refractivity contribution >= 4 is 29.2 Å². The molecule has 2 N–H and O–H groups in total. The predicted molar refractivity (Wildman–Crippen MR) is 62.8 cm³/mol. The Labute approximate surface area is 103 Å². The Morgan fingerprint density at radius 2 is 2.25 bits per heavy atom. The van der Waals surface area contributed by atoms with Crippen molar-refractivity contribution in [2.45, 2.75) is 17.9 Å². The third-order valence-corrected chi connectivity index (χ3v) is 3.76. The molecule has 86 valence electrons. The molecule has 0 heterocycles. The summed E-state index contributed by atoms with van der Waals surface area (Å²) >= 11 is 12.0. The second kappa shape index (κ2) is 3.91. The van der Waals surface area contributed by atoms with E-state index in [9.17, 15) is 4.79 Å². The van der Waals surface area contributed by atoms with Crippen LogP contribution in [0.15, 0.2) is 18.2 Å². The van der Waals surface area contributed by atoms with Crippen molar-refractivity contribution in [2.24, 2.45) is 5.73 Å². The lowest BCUT2D eigenvalue weighted by atomic mass is 10.1. The molecule has 1 aliphatic carbocycles. The summed E-state index contributed by atoms with van der Waals surface area (Å²) in [6, 6.07) is 5.32. The van der Waals surface area contributed by atoms with E-state index < -0.39 is 11.5 Å². The van der Waals surface area contributed by atoms with E-state index in [1.807, 2.05) is 6.07 Å². The highest BCUT2D eigenvalue weighted by molar-refractivity contribution is 6.42. The van der Waals surface area contributed by atoms with Gasteiger partial charge in [-0.3, -0.25) is 4.79 Å². The van der Waals surface area contributed by atoms with Crippen molar-refractivity contribution in [1.82, 2.24) is 0 Å². The number of carbonyl (C=O) groups excluding carboxylic acids is 1. The number of methoxy groups -OCH3 is 1. The van der Waals surface area contributed by atoms with E-state index in [0.29, 0.717) is 16.5 Å². The van der Waals surface area contributed by atoms with Crippen LogP contribution in [0.3, 0.4) is 0 Å². The van der Waals surface area contributed by atoms with Crippen molar-refractivity contribution in [1.29, 1.82) is 0 Å². The molecular weight excluding hydrogens is 249 g/mol. The zero-order valence-electron chi connectivity index (χ0n) is 8.67. The van der Waals surface area contributed by atoms with E-state index in [0.717, 1.165) is 5.56 Å². The van der Waals surface area contributed by atoms with Crippen LogP contribution in [0.1, 0.15) is 17.9 Å². The normalized spacial score (nSPS) is 27.6. The molecule has 1 aromatic carbocycles. The van der Waals surface area contributed by atoms with E-state index in [4.69, 9.17) is 28.9 Å². The molecule has 0 aromatic heterocycles. The summed E-state index contributed by atoms with van der Waals surface area (Å²) in [6.07, 6.45) is 0.541. The van der Waals surface area contributed by atoms with Gasteiger partial charge in [0.1, 0.15) is 5.54 Å². The quantitative estimate of drug-likeness (QED) is 0.830. The standard InChI is InChI=1S/C11H11Cl2NO2/c1-16-10(15)11(14)5-7(11)6-3-2-4-8(12)9(6)13/h2-4,7H,5,14H2,1H3/t7-,11+/m1/s1. The lowest BCUT2D eigenvalue weighted by molar-refractivity contribution is -0.143. The van der Waals surface area contributed by atoms with Gasteiger partial charge in [-0.2, -0.15) is 0 Å². The molecule has 2 atom stereocenters. The summed E-state index contributed by atoms with van der Waals surface area (Å²) < 4.78 is 4.66. The van der Waals surface area contributed by atoms with Crippen LogP contribution in [0.25, 0.3) is 0 Å². The Morgan fingerprint density at radius 3 is 2.88 bits per heavy atom. The second-order valence-electron chi connectivity index (χ2n) is 3.93. The van der Waals surface area contributed by atoms with Crippen LogP contribution in [0, 0.1) is 0 Å². The first kappa shape index (κ1) is 11.7. The summed E-state index contributed by atoms with van der Waals surface area (Å²) in [5, 5.41) is 0.934. The smallest absolute Gasteiger partial charge is 0.326 e. The van der Waals surface area contributed by atoms with Crippen LogP contribution in [-0.4, -0.2) is 18.6 Å². The number of carbonyl (C=O) groups is 1. The van der Waals surface area contributed by atoms with Crippen LogP contribution in [-0.2, 0) is 9.53 Å². The largest absolute Gasteiger partial charge is 0.468 e. The lowest BCUT2D eigenvalue weighted by Crippen LogP contribution is -2.35. The van der Waals surface area contributed by atoms with E-state index in [2.05, 4.69) is 4.74 Å². The number of rotatable bonds is 2. The van der Waals surface area contributed by atoms with Crippen LogP contribution in [0.2, 0.25) is 10.0 Å². The third-order valence-electron chi connectivity index (χ3n) is 2.93. The molecule has 0 amide bonds. The van der Waals surface area contributed by atoms with Crippen molar-refractivity contribution < 1.29 is 9.53 Å². The van der Waals surface area contributed by atoms with Gasteiger partial charge in [-0.15, -0.1) is 0 Å². The van der Waals surface area contributed by atoms with E-state index in [1.165, 1.54) is 7.11 Å². The molecular formula is C11H11Cl2NO2. The lowest BCUT2D eigenvalue weighted by Gasteiger charge is -2.10. The number of hydrogen-bond donors (Lipinski definition) is 1. The average Bonchev–Trinajstić information content (AvgIpc) is 2.95. The van der Waals surface area contributed by atoms with Gasteiger partial charge in [0.05, 0.1) is 17.2 Å². The number of ether oxygens (including phenoxy) is 1. The molecule has 0 bridgehead atoms. The number of esters is 1. The Bertz CT molecular complexity index is 450. The van der Waals surface area contributed by atoms with Gasteiger partial charge in [-0.25, -0.2) is 0 Å². The molecule has 1 aliphatic rings. The molecule has 0 unspecified atom stereocenters. The molecule has 16 heavy (non-hydrogen) atoms. The first-order valence-electron chi connectivity index (χ1n) is 4.82. The first-order valence-corrected chi connectivity index (χ1v) is 5.57. The molecule has 0 aliphatic heterocycles. The van der Waals surface area contributed by atoms with Gasteiger partial charge in [0.15, 0.2) is 0 Å². The van der Waals surface area contributed by atoms with E-state index >= 15 is 0 Å². The predicted octanol–water partition coefficient (Wildman–Crippen LogP) is 2.35. The minimum Gasteiger partial charge on any atom is -0.468 e. The monoisotopic (exact) mass is 259 g/mol. The van der Waals surface area contributed by atoms with Crippen molar-refractivity contribution in [3.63, 3.8) is 0 Å². The maximum Gasteiger partial charge on any atom is 0.326 e. The van der Waals surface area contributed by atoms with Gasteiger partial charge >= 0.3 is 5.97 Å². The number of benzene rings is 1. The summed E-state index contributed by atoms with van der Waals surface area (Å²) in [5.74, 6) is -0.514. The van der Waals surface area contributed by atoms with Gasteiger partial charge < -0.3 is 10.5 Å². The highest BCUT2D eigenvalue weighted by Gasteiger charge is 2.59. The second-order valence-corrected chi connectivity index (χ2v) is 4.72. The van der Waals surface area contributed by atoms with Gasteiger partial charge in [-0.05, 0) is 18.1 Å². The number of nitrogens with two attached hydrogens (primary N) is 1. The molecule has 2 rings (SSSR count). The number of halogens is 2. The Morgan fingerprint density at radius 1 is 1.56 bits per heavy atom. The van der Waals surface area contributed by atoms with Crippen LogP contribution in [0.4, 0.5) is 0 Å². The zero-order valence-corrected chi connectivity index (χ0v) is 10.2. The fourth-order valence-corrected chi connectivity index (χ4v) is 2.31. The molecule has 0 saturated heterocycles. The summed E-state index contributed by atoms with van der Waals surface area (Å²) in [5.41, 5.74) is 5.79. The Kier molecular flexibility index (Phi) is 2.86. The van der Waals surface area contributed by atoms with Gasteiger partial charge in [0.2, 0.25) is 0 Å². The van der Waals surface area contributed by atoms with Crippen molar-refractivity contribution in [3.05, 3.63) is 33.8 Å². The summed E-state index contributed by atoms with van der Waals surface area (Å²) in [6.45, 7) is 0. The van der Waals surface area contributed by atoms with Crippen LogP contribution >= 0.6 is 23.2 Å². The highest BCUT2D eigenvalue weighted by Crippen LogP contribution is 2.52. The SMILES string of the molecule is COC(=O)[C@]1(N)C[C@@H]1c1cccc(Cl)c1Cl. The topological polar surface area (TPSA) is 52.3 Å². The Hall–Kier alpha value is -0.770. The highest BCUT2D eigenvalue weighted by atomic mass is 35.5. The fraction of sp³-hybridized carbons (Fsp3) is 0.364.